The molecule has 1 aliphatic rings. The fourth-order valence-corrected chi connectivity index (χ4v) is 3.22. The molecule has 1 saturated heterocycles. The van der Waals surface area contributed by atoms with Crippen molar-refractivity contribution in [1.82, 2.24) is 4.90 Å². The second-order valence-electron chi connectivity index (χ2n) is 4.71. The molecule has 2 atom stereocenters. The van der Waals surface area contributed by atoms with Crippen LogP contribution in [0.25, 0.3) is 0 Å². The molecular weight excluding hydrogens is 250 g/mol. The predicted octanol–water partition coefficient (Wildman–Crippen LogP) is 2.00. The Hall–Kier alpha value is -1.36. The van der Waals surface area contributed by atoms with Gasteiger partial charge in [-0.1, -0.05) is 13.0 Å². The molecule has 0 radical (unpaired) electrons. The molecular formula is C13H17NO3S. The van der Waals surface area contributed by atoms with Gasteiger partial charge in [0.05, 0.1) is 0 Å². The number of thiophene rings is 1. The molecule has 0 saturated carbocycles. The first-order valence-corrected chi connectivity index (χ1v) is 7.03. The molecule has 1 aromatic rings. The lowest BCUT2D eigenvalue weighted by Crippen LogP contribution is -2.43. The Labute approximate surface area is 110 Å². The molecule has 5 heteroatoms. The van der Waals surface area contributed by atoms with Crippen molar-refractivity contribution in [2.75, 3.05) is 6.54 Å². The van der Waals surface area contributed by atoms with E-state index in [1.807, 2.05) is 24.4 Å². The Kier molecular flexibility index (Phi) is 4.01. The van der Waals surface area contributed by atoms with Crippen LogP contribution in [0.15, 0.2) is 17.5 Å². The van der Waals surface area contributed by atoms with Gasteiger partial charge in [0.2, 0.25) is 5.91 Å². The van der Waals surface area contributed by atoms with Gasteiger partial charge in [0.1, 0.15) is 6.04 Å². The number of carboxylic acid groups (broad SMARTS) is 1. The summed E-state index contributed by atoms with van der Waals surface area (Å²) in [4.78, 5) is 26.0. The third-order valence-electron chi connectivity index (χ3n) is 3.33. The second kappa shape index (κ2) is 5.52. The van der Waals surface area contributed by atoms with E-state index in [2.05, 4.69) is 0 Å². The van der Waals surface area contributed by atoms with E-state index in [0.717, 1.165) is 6.42 Å². The lowest BCUT2D eigenvalue weighted by molar-refractivity contribution is -0.149. The summed E-state index contributed by atoms with van der Waals surface area (Å²) in [6, 6.07) is 3.35. The number of nitrogens with zero attached hydrogens (tertiary/aromatic N) is 1. The Balaban J connectivity index is 1.99. The van der Waals surface area contributed by atoms with Gasteiger partial charge in [-0.05, 0) is 30.7 Å². The van der Waals surface area contributed by atoms with Crippen molar-refractivity contribution >= 4 is 23.2 Å². The van der Waals surface area contributed by atoms with Crippen LogP contribution in [0.5, 0.6) is 0 Å². The quantitative estimate of drug-likeness (QED) is 0.907. The third kappa shape index (κ3) is 2.72. The summed E-state index contributed by atoms with van der Waals surface area (Å²) in [5.74, 6) is -1.07. The fraction of sp³-hybridized carbons (Fsp3) is 0.538. The first-order valence-electron chi connectivity index (χ1n) is 6.15. The van der Waals surface area contributed by atoms with E-state index in [4.69, 9.17) is 5.11 Å². The van der Waals surface area contributed by atoms with Gasteiger partial charge in [0.25, 0.3) is 0 Å². The lowest BCUT2D eigenvalue weighted by atomic mass is 10.0. The molecule has 2 heterocycles. The Morgan fingerprint density at radius 2 is 2.39 bits per heavy atom. The van der Waals surface area contributed by atoms with E-state index in [1.54, 1.807) is 11.3 Å². The molecule has 0 aliphatic carbocycles. The highest BCUT2D eigenvalue weighted by molar-refractivity contribution is 7.09. The summed E-state index contributed by atoms with van der Waals surface area (Å²) in [7, 11) is 0. The van der Waals surface area contributed by atoms with Crippen molar-refractivity contribution in [2.24, 2.45) is 5.92 Å². The Bertz CT molecular complexity index is 429. The van der Waals surface area contributed by atoms with Crippen LogP contribution in [0.2, 0.25) is 0 Å². The first-order chi connectivity index (χ1) is 8.59. The molecule has 98 valence electrons. The van der Waals surface area contributed by atoms with Crippen LogP contribution in [-0.4, -0.2) is 34.5 Å². The van der Waals surface area contributed by atoms with Crippen LogP contribution >= 0.6 is 11.3 Å². The normalized spacial score (nSPS) is 20.9. The monoisotopic (exact) mass is 267 g/mol. The molecule has 1 fully saturated rings. The zero-order valence-electron chi connectivity index (χ0n) is 10.3. The summed E-state index contributed by atoms with van der Waals surface area (Å²) >= 11 is 1.63. The molecule has 0 bridgehead atoms. The SMILES string of the molecule is C[C@@H](Cc1cccs1)C(=O)N1CCC[C@@H]1C(=O)O. The average molecular weight is 267 g/mol. The number of carbonyl (C=O) groups excluding carboxylic acids is 1. The van der Waals surface area contributed by atoms with E-state index >= 15 is 0 Å². The van der Waals surface area contributed by atoms with Crippen LogP contribution in [0.3, 0.4) is 0 Å². The second-order valence-corrected chi connectivity index (χ2v) is 5.74. The van der Waals surface area contributed by atoms with Crippen molar-refractivity contribution in [2.45, 2.75) is 32.2 Å². The number of carbonyl (C=O) groups is 2. The van der Waals surface area contributed by atoms with E-state index in [-0.39, 0.29) is 11.8 Å². The van der Waals surface area contributed by atoms with Gasteiger partial charge in [-0.15, -0.1) is 11.3 Å². The Morgan fingerprint density at radius 1 is 1.61 bits per heavy atom. The third-order valence-corrected chi connectivity index (χ3v) is 4.23. The van der Waals surface area contributed by atoms with E-state index in [1.165, 1.54) is 9.78 Å². The number of rotatable bonds is 4. The van der Waals surface area contributed by atoms with Crippen molar-refractivity contribution in [3.05, 3.63) is 22.4 Å². The Morgan fingerprint density at radius 3 is 3.00 bits per heavy atom. The van der Waals surface area contributed by atoms with Gasteiger partial charge in [-0.3, -0.25) is 4.79 Å². The van der Waals surface area contributed by atoms with Gasteiger partial charge in [0.15, 0.2) is 0 Å². The summed E-state index contributed by atoms with van der Waals surface area (Å²) in [5, 5.41) is 11.1. The van der Waals surface area contributed by atoms with Gasteiger partial charge in [0, 0.05) is 17.3 Å². The lowest BCUT2D eigenvalue weighted by Gasteiger charge is -2.24. The number of likely N-dealkylation sites (tertiary alicyclic amines) is 1. The topological polar surface area (TPSA) is 57.6 Å². The van der Waals surface area contributed by atoms with Crippen LogP contribution in [0.1, 0.15) is 24.6 Å². The molecule has 1 N–H and O–H groups in total. The minimum Gasteiger partial charge on any atom is -0.480 e. The standard InChI is InChI=1S/C13H17NO3S/c1-9(8-10-4-3-7-18-10)12(15)14-6-2-5-11(14)13(16)17/h3-4,7,9,11H,2,5-6,8H2,1H3,(H,16,17)/t9-,11+/m0/s1. The van der Waals surface area contributed by atoms with Gasteiger partial charge < -0.3 is 10.0 Å². The van der Waals surface area contributed by atoms with Crippen molar-refractivity contribution in [3.8, 4) is 0 Å². The van der Waals surface area contributed by atoms with Gasteiger partial charge in [-0.25, -0.2) is 4.79 Å². The molecule has 18 heavy (non-hydrogen) atoms. The molecule has 1 aromatic heterocycles. The van der Waals surface area contributed by atoms with Gasteiger partial charge >= 0.3 is 5.97 Å². The summed E-state index contributed by atoms with van der Waals surface area (Å²) in [6.07, 6.45) is 2.06. The number of hydrogen-bond donors (Lipinski definition) is 1. The fourth-order valence-electron chi connectivity index (χ4n) is 2.39. The van der Waals surface area contributed by atoms with Gasteiger partial charge in [-0.2, -0.15) is 0 Å². The molecule has 0 unspecified atom stereocenters. The van der Waals surface area contributed by atoms with E-state index in [0.29, 0.717) is 19.4 Å². The molecule has 2 rings (SSSR count). The predicted molar refractivity (Wildman–Crippen MR) is 69.6 cm³/mol. The maximum absolute atomic E-state index is 12.3. The number of aliphatic carboxylic acids is 1. The molecule has 1 aliphatic heterocycles. The first kappa shape index (κ1) is 13.1. The van der Waals surface area contributed by atoms with Crippen molar-refractivity contribution < 1.29 is 14.7 Å². The highest BCUT2D eigenvalue weighted by Crippen LogP contribution is 2.22. The minimum atomic E-state index is -0.885. The number of amides is 1. The highest BCUT2D eigenvalue weighted by atomic mass is 32.1. The molecule has 4 nitrogen and oxygen atoms in total. The van der Waals surface area contributed by atoms with Crippen LogP contribution in [0, 0.1) is 5.92 Å². The summed E-state index contributed by atoms with van der Waals surface area (Å²) in [5.41, 5.74) is 0. The largest absolute Gasteiger partial charge is 0.480 e. The zero-order chi connectivity index (χ0) is 13.1. The smallest absolute Gasteiger partial charge is 0.326 e. The van der Waals surface area contributed by atoms with Crippen LogP contribution < -0.4 is 0 Å². The number of hydrogen-bond acceptors (Lipinski definition) is 3. The zero-order valence-corrected chi connectivity index (χ0v) is 11.2. The van der Waals surface area contributed by atoms with Crippen LogP contribution in [0.4, 0.5) is 0 Å². The van der Waals surface area contributed by atoms with Crippen molar-refractivity contribution in [1.29, 1.82) is 0 Å². The molecule has 1 amide bonds. The minimum absolute atomic E-state index is 0.0340. The average Bonchev–Trinajstić information content (AvgIpc) is 2.97. The summed E-state index contributed by atoms with van der Waals surface area (Å²) in [6.45, 7) is 2.45. The maximum atomic E-state index is 12.3. The van der Waals surface area contributed by atoms with Crippen LogP contribution in [-0.2, 0) is 16.0 Å². The molecule has 0 spiro atoms. The maximum Gasteiger partial charge on any atom is 0.326 e. The summed E-state index contributed by atoms with van der Waals surface area (Å²) < 4.78 is 0. The van der Waals surface area contributed by atoms with E-state index < -0.39 is 12.0 Å². The van der Waals surface area contributed by atoms with E-state index in [9.17, 15) is 9.59 Å². The number of carboxylic acids is 1. The highest BCUT2D eigenvalue weighted by Gasteiger charge is 2.35. The van der Waals surface area contributed by atoms with Crippen molar-refractivity contribution in [3.63, 3.8) is 0 Å². The molecule has 0 aromatic carbocycles.